The van der Waals surface area contributed by atoms with Gasteiger partial charge in [0.1, 0.15) is 5.75 Å². The fraction of sp³-hybridized carbons (Fsp3) is 0.231. The van der Waals surface area contributed by atoms with E-state index >= 15 is 0 Å². The number of hydrogen-bond donors (Lipinski definition) is 1. The lowest BCUT2D eigenvalue weighted by atomic mass is 10.2. The first-order valence-corrected chi connectivity index (χ1v) is 6.04. The van der Waals surface area contributed by atoms with Gasteiger partial charge in [0.15, 0.2) is 0 Å². The van der Waals surface area contributed by atoms with Gasteiger partial charge in [0.05, 0.1) is 29.7 Å². The lowest BCUT2D eigenvalue weighted by Gasteiger charge is -2.07. The molecule has 0 aliphatic carbocycles. The van der Waals surface area contributed by atoms with E-state index in [9.17, 15) is 4.79 Å². The van der Waals surface area contributed by atoms with Crippen LogP contribution in [-0.2, 0) is 7.05 Å². The average molecular weight is 280 g/mol. The number of nitrogens with one attached hydrogen (secondary N) is 1. The Morgan fingerprint density at radius 3 is 2.74 bits per heavy atom. The third-order valence-corrected chi connectivity index (χ3v) is 3.19. The summed E-state index contributed by atoms with van der Waals surface area (Å²) in [4.78, 5) is 12.1. The number of nitrogens with zero attached hydrogens (tertiary/aromatic N) is 2. The van der Waals surface area contributed by atoms with Crippen LogP contribution >= 0.6 is 11.6 Å². The molecule has 0 spiro atoms. The number of carbonyl (C=O) groups excluding carboxylic acids is 1. The first-order chi connectivity index (χ1) is 9.02. The Labute approximate surface area is 116 Å². The van der Waals surface area contributed by atoms with E-state index in [2.05, 4.69) is 10.4 Å². The minimum Gasteiger partial charge on any atom is -0.495 e. The van der Waals surface area contributed by atoms with Crippen LogP contribution in [0.15, 0.2) is 24.4 Å². The van der Waals surface area contributed by atoms with Crippen LogP contribution in [0.25, 0.3) is 0 Å². The van der Waals surface area contributed by atoms with Crippen molar-refractivity contribution in [3.8, 4) is 5.75 Å². The zero-order valence-corrected chi connectivity index (χ0v) is 11.7. The van der Waals surface area contributed by atoms with Crippen molar-refractivity contribution < 1.29 is 9.53 Å². The number of methoxy groups -OCH3 is 1. The summed E-state index contributed by atoms with van der Waals surface area (Å²) >= 11 is 5.99. The van der Waals surface area contributed by atoms with Crippen molar-refractivity contribution >= 4 is 23.2 Å². The van der Waals surface area contributed by atoms with E-state index in [4.69, 9.17) is 16.3 Å². The molecule has 0 unspecified atom stereocenters. The quantitative estimate of drug-likeness (QED) is 0.940. The van der Waals surface area contributed by atoms with Gasteiger partial charge < -0.3 is 10.1 Å². The molecule has 1 aromatic carbocycles. The zero-order valence-electron chi connectivity index (χ0n) is 10.9. The molecule has 0 saturated heterocycles. The van der Waals surface area contributed by atoms with Crippen LogP contribution in [0.2, 0.25) is 5.02 Å². The number of hydrogen-bond acceptors (Lipinski definition) is 3. The Balaban J connectivity index is 2.21. The molecule has 5 nitrogen and oxygen atoms in total. The van der Waals surface area contributed by atoms with Gasteiger partial charge in [-0.1, -0.05) is 11.6 Å². The van der Waals surface area contributed by atoms with Gasteiger partial charge in [0, 0.05) is 12.6 Å². The highest BCUT2D eigenvalue weighted by atomic mass is 35.5. The minimum absolute atomic E-state index is 0.236. The molecule has 2 rings (SSSR count). The summed E-state index contributed by atoms with van der Waals surface area (Å²) in [5, 5.41) is 7.25. The average Bonchev–Trinajstić information content (AvgIpc) is 2.70. The van der Waals surface area contributed by atoms with Crippen molar-refractivity contribution in [1.29, 1.82) is 0 Å². The number of carbonyl (C=O) groups is 1. The highest BCUT2D eigenvalue weighted by molar-refractivity contribution is 6.32. The Morgan fingerprint density at radius 2 is 2.21 bits per heavy atom. The molecule has 0 saturated carbocycles. The predicted molar refractivity (Wildman–Crippen MR) is 73.9 cm³/mol. The maximum Gasteiger partial charge on any atom is 0.255 e. The number of rotatable bonds is 3. The maximum absolute atomic E-state index is 12.1. The smallest absolute Gasteiger partial charge is 0.255 e. The van der Waals surface area contributed by atoms with Crippen LogP contribution in [0.3, 0.4) is 0 Å². The molecule has 0 radical (unpaired) electrons. The van der Waals surface area contributed by atoms with Crippen LogP contribution in [-0.4, -0.2) is 22.8 Å². The molecule has 19 heavy (non-hydrogen) atoms. The Kier molecular flexibility index (Phi) is 3.76. The minimum atomic E-state index is -0.236. The van der Waals surface area contributed by atoms with Crippen molar-refractivity contribution in [3.05, 3.63) is 40.7 Å². The second-order valence-corrected chi connectivity index (χ2v) is 4.48. The summed E-state index contributed by atoms with van der Waals surface area (Å²) in [6.07, 6.45) is 1.61. The van der Waals surface area contributed by atoms with Gasteiger partial charge in [-0.2, -0.15) is 5.10 Å². The van der Waals surface area contributed by atoms with Crippen molar-refractivity contribution in [2.45, 2.75) is 6.92 Å². The number of benzene rings is 1. The zero-order chi connectivity index (χ0) is 14.0. The van der Waals surface area contributed by atoms with Crippen molar-refractivity contribution in [3.63, 3.8) is 0 Å². The van der Waals surface area contributed by atoms with Crippen LogP contribution in [0.5, 0.6) is 5.75 Å². The number of aryl methyl sites for hydroxylation is 1. The molecule has 0 bridgehead atoms. The van der Waals surface area contributed by atoms with Crippen LogP contribution in [0.4, 0.5) is 5.69 Å². The molecule has 100 valence electrons. The van der Waals surface area contributed by atoms with E-state index in [-0.39, 0.29) is 5.91 Å². The van der Waals surface area contributed by atoms with E-state index in [1.54, 1.807) is 29.1 Å². The Bertz CT molecular complexity index is 622. The highest BCUT2D eigenvalue weighted by Gasteiger charge is 2.12. The summed E-state index contributed by atoms with van der Waals surface area (Å²) in [6, 6.07) is 4.89. The molecule has 1 amide bonds. The monoisotopic (exact) mass is 279 g/mol. The first-order valence-electron chi connectivity index (χ1n) is 5.66. The highest BCUT2D eigenvalue weighted by Crippen LogP contribution is 2.25. The molecule has 1 aromatic heterocycles. The summed E-state index contributed by atoms with van der Waals surface area (Å²) in [5.74, 6) is 0.302. The number of anilines is 1. The molecule has 2 aromatic rings. The van der Waals surface area contributed by atoms with Crippen molar-refractivity contribution in [1.82, 2.24) is 9.78 Å². The van der Waals surface area contributed by atoms with Crippen LogP contribution < -0.4 is 10.1 Å². The first kappa shape index (κ1) is 13.4. The van der Waals surface area contributed by atoms with Crippen LogP contribution in [0.1, 0.15) is 16.1 Å². The topological polar surface area (TPSA) is 56.1 Å². The van der Waals surface area contributed by atoms with Gasteiger partial charge in [0.25, 0.3) is 5.91 Å². The van der Waals surface area contributed by atoms with Crippen molar-refractivity contribution in [2.75, 3.05) is 12.4 Å². The fourth-order valence-corrected chi connectivity index (χ4v) is 1.88. The van der Waals surface area contributed by atoms with Gasteiger partial charge in [-0.15, -0.1) is 0 Å². The Hall–Kier alpha value is -2.01. The lowest BCUT2D eigenvalue weighted by molar-refractivity contribution is 0.102. The van der Waals surface area contributed by atoms with E-state index in [0.29, 0.717) is 22.0 Å². The summed E-state index contributed by atoms with van der Waals surface area (Å²) in [7, 11) is 3.34. The van der Waals surface area contributed by atoms with Crippen LogP contribution in [0, 0.1) is 6.92 Å². The second-order valence-electron chi connectivity index (χ2n) is 4.07. The molecule has 1 heterocycles. The number of ether oxygens (including phenoxy) is 1. The molecule has 6 heteroatoms. The Morgan fingerprint density at radius 1 is 1.47 bits per heavy atom. The van der Waals surface area contributed by atoms with E-state index in [0.717, 1.165) is 5.69 Å². The lowest BCUT2D eigenvalue weighted by Crippen LogP contribution is -2.12. The van der Waals surface area contributed by atoms with Crippen molar-refractivity contribution in [2.24, 2.45) is 7.05 Å². The fourth-order valence-electron chi connectivity index (χ4n) is 1.62. The molecular weight excluding hydrogens is 266 g/mol. The molecule has 0 atom stereocenters. The number of aromatic nitrogens is 2. The summed E-state index contributed by atoms with van der Waals surface area (Å²) < 4.78 is 6.73. The van der Waals surface area contributed by atoms with Gasteiger partial charge in [-0.25, -0.2) is 0 Å². The molecule has 1 N–H and O–H groups in total. The molecule has 0 aliphatic heterocycles. The third-order valence-electron chi connectivity index (χ3n) is 2.90. The van der Waals surface area contributed by atoms with Gasteiger partial charge >= 0.3 is 0 Å². The normalized spacial score (nSPS) is 10.3. The summed E-state index contributed by atoms with van der Waals surface area (Å²) in [6.45, 7) is 1.88. The predicted octanol–water partition coefficient (Wildman–Crippen LogP) is 2.64. The van der Waals surface area contributed by atoms with Gasteiger partial charge in [-0.05, 0) is 25.1 Å². The summed E-state index contributed by atoms with van der Waals surface area (Å²) in [5.41, 5.74) is 2.03. The van der Waals surface area contributed by atoms with Gasteiger partial charge in [-0.3, -0.25) is 9.48 Å². The van der Waals surface area contributed by atoms with E-state index in [1.807, 2.05) is 14.0 Å². The third kappa shape index (κ3) is 2.71. The molecular formula is C13H14ClN3O2. The number of halogens is 1. The standard InChI is InChI=1S/C13H14ClN3O2/c1-8-11(7-15-17(8)2)16-13(18)9-4-5-12(19-3)10(14)6-9/h4-7H,1-3H3,(H,16,18). The van der Waals surface area contributed by atoms with E-state index in [1.165, 1.54) is 7.11 Å². The molecule has 0 fully saturated rings. The second kappa shape index (κ2) is 5.32. The number of amides is 1. The van der Waals surface area contributed by atoms with E-state index < -0.39 is 0 Å². The van der Waals surface area contributed by atoms with Gasteiger partial charge in [0.2, 0.25) is 0 Å². The maximum atomic E-state index is 12.1. The SMILES string of the molecule is COc1ccc(C(=O)Nc2cnn(C)c2C)cc1Cl. The largest absolute Gasteiger partial charge is 0.495 e. The molecule has 0 aliphatic rings.